The molecule has 0 aliphatic heterocycles. The number of carboxylic acids is 1. The van der Waals surface area contributed by atoms with Crippen LogP contribution in [0.3, 0.4) is 0 Å². The third-order valence-corrected chi connectivity index (χ3v) is 2.17. The third-order valence-electron chi connectivity index (χ3n) is 1.55. The van der Waals surface area contributed by atoms with Crippen LogP contribution in [0.25, 0.3) is 0 Å². The van der Waals surface area contributed by atoms with Gasteiger partial charge in [-0.05, 0) is 27.9 Å². The van der Waals surface area contributed by atoms with Gasteiger partial charge in [-0.1, -0.05) is 13.8 Å². The fraction of sp³-hybridized carbons (Fsp3) is 0.375. The molecule has 1 aromatic rings. The molecule has 0 aliphatic carbocycles. The molecule has 0 saturated heterocycles. The highest BCUT2D eigenvalue weighted by Crippen LogP contribution is 2.27. The van der Waals surface area contributed by atoms with Crippen molar-refractivity contribution in [3.63, 3.8) is 0 Å². The van der Waals surface area contributed by atoms with Crippen molar-refractivity contribution in [1.29, 1.82) is 0 Å². The molecule has 0 aliphatic rings. The first-order chi connectivity index (χ1) is 5.52. The maximum Gasteiger partial charge on any atom is 0.371 e. The Kier molecular flexibility index (Phi) is 2.57. The van der Waals surface area contributed by atoms with Gasteiger partial charge in [-0.3, -0.25) is 0 Å². The van der Waals surface area contributed by atoms with E-state index in [9.17, 15) is 4.79 Å². The molecular weight excluding hydrogens is 224 g/mol. The topological polar surface area (TPSA) is 50.4 Å². The summed E-state index contributed by atoms with van der Waals surface area (Å²) in [5.41, 5.74) is 0.882. The number of furan rings is 1. The number of halogens is 1. The monoisotopic (exact) mass is 232 g/mol. The summed E-state index contributed by atoms with van der Waals surface area (Å²) in [6, 6.07) is 1.54. The Balaban J connectivity index is 3.09. The second kappa shape index (κ2) is 3.31. The lowest BCUT2D eigenvalue weighted by Gasteiger charge is -1.98. The molecule has 1 aromatic heterocycles. The van der Waals surface area contributed by atoms with Gasteiger partial charge < -0.3 is 9.52 Å². The summed E-state index contributed by atoms with van der Waals surface area (Å²) in [5.74, 6) is -0.801. The second-order valence-electron chi connectivity index (χ2n) is 2.80. The molecular formula is C8H9BrO3. The number of rotatable bonds is 2. The van der Waals surface area contributed by atoms with Crippen LogP contribution in [0.5, 0.6) is 0 Å². The summed E-state index contributed by atoms with van der Waals surface area (Å²) in [5, 5.41) is 8.59. The van der Waals surface area contributed by atoms with Crippen LogP contribution in [0.1, 0.15) is 35.9 Å². The quantitative estimate of drug-likeness (QED) is 0.854. The van der Waals surface area contributed by atoms with E-state index in [-0.39, 0.29) is 11.7 Å². The van der Waals surface area contributed by atoms with Gasteiger partial charge in [0.25, 0.3) is 0 Å². The van der Waals surface area contributed by atoms with Gasteiger partial charge in [0.05, 0.1) is 0 Å². The average molecular weight is 233 g/mol. The second-order valence-corrected chi connectivity index (χ2v) is 3.52. The molecule has 0 bridgehead atoms. The molecule has 1 rings (SSSR count). The van der Waals surface area contributed by atoms with E-state index in [0.29, 0.717) is 4.67 Å². The SMILES string of the molecule is CC(C)c1cc(C(=O)O)oc1Br. The summed E-state index contributed by atoms with van der Waals surface area (Å²) in [4.78, 5) is 10.5. The van der Waals surface area contributed by atoms with E-state index in [2.05, 4.69) is 15.9 Å². The maximum atomic E-state index is 10.5. The van der Waals surface area contributed by atoms with E-state index >= 15 is 0 Å². The van der Waals surface area contributed by atoms with Crippen molar-refractivity contribution in [2.75, 3.05) is 0 Å². The molecule has 0 fully saturated rings. The van der Waals surface area contributed by atoms with Gasteiger partial charge in [-0.25, -0.2) is 4.79 Å². The molecule has 0 saturated carbocycles. The van der Waals surface area contributed by atoms with E-state index in [1.165, 1.54) is 6.07 Å². The zero-order chi connectivity index (χ0) is 9.30. The number of aromatic carboxylic acids is 1. The van der Waals surface area contributed by atoms with E-state index in [1.807, 2.05) is 13.8 Å². The lowest BCUT2D eigenvalue weighted by molar-refractivity contribution is 0.0661. The minimum atomic E-state index is -1.04. The summed E-state index contributed by atoms with van der Waals surface area (Å²) < 4.78 is 5.46. The maximum absolute atomic E-state index is 10.5. The highest BCUT2D eigenvalue weighted by atomic mass is 79.9. The lowest BCUT2D eigenvalue weighted by Crippen LogP contribution is -1.92. The molecule has 1 N–H and O–H groups in total. The van der Waals surface area contributed by atoms with Crippen molar-refractivity contribution < 1.29 is 14.3 Å². The average Bonchev–Trinajstić information content (AvgIpc) is 2.30. The Bertz CT molecular complexity index is 301. The number of hydrogen-bond acceptors (Lipinski definition) is 2. The molecule has 4 heteroatoms. The number of carbonyl (C=O) groups is 1. The summed E-state index contributed by atoms with van der Waals surface area (Å²) in [6.45, 7) is 3.95. The Morgan fingerprint density at radius 2 is 2.25 bits per heavy atom. The first-order valence-electron chi connectivity index (χ1n) is 3.55. The molecule has 66 valence electrons. The van der Waals surface area contributed by atoms with E-state index in [4.69, 9.17) is 9.52 Å². The molecule has 3 nitrogen and oxygen atoms in total. The molecule has 12 heavy (non-hydrogen) atoms. The van der Waals surface area contributed by atoms with Crippen molar-refractivity contribution in [3.8, 4) is 0 Å². The Morgan fingerprint density at radius 1 is 1.67 bits per heavy atom. The zero-order valence-corrected chi connectivity index (χ0v) is 8.38. The molecule has 1 heterocycles. The third kappa shape index (κ3) is 1.69. The number of hydrogen-bond donors (Lipinski definition) is 1. The van der Waals surface area contributed by atoms with Crippen molar-refractivity contribution in [2.24, 2.45) is 0 Å². The summed E-state index contributed by atoms with van der Waals surface area (Å²) in [6.07, 6.45) is 0. The van der Waals surface area contributed by atoms with E-state index in [0.717, 1.165) is 5.56 Å². The van der Waals surface area contributed by atoms with Gasteiger partial charge in [0, 0.05) is 5.56 Å². The van der Waals surface area contributed by atoms with Crippen molar-refractivity contribution in [2.45, 2.75) is 19.8 Å². The fourth-order valence-corrected chi connectivity index (χ4v) is 1.63. The largest absolute Gasteiger partial charge is 0.475 e. The Morgan fingerprint density at radius 3 is 2.50 bits per heavy atom. The standard InChI is InChI=1S/C8H9BrO3/c1-4(2)5-3-6(8(10)11)12-7(5)9/h3-4H,1-2H3,(H,10,11). The zero-order valence-electron chi connectivity index (χ0n) is 6.80. The predicted molar refractivity (Wildman–Crippen MR) is 47.5 cm³/mol. The first-order valence-corrected chi connectivity index (χ1v) is 4.34. The van der Waals surface area contributed by atoms with Crippen molar-refractivity contribution >= 4 is 21.9 Å². The summed E-state index contributed by atoms with van der Waals surface area (Å²) in [7, 11) is 0. The van der Waals surface area contributed by atoms with Gasteiger partial charge in [0.15, 0.2) is 4.67 Å². The minimum absolute atomic E-state index is 0.0226. The molecule has 0 radical (unpaired) electrons. The van der Waals surface area contributed by atoms with Gasteiger partial charge in [-0.15, -0.1) is 0 Å². The van der Waals surface area contributed by atoms with Crippen LogP contribution in [0.4, 0.5) is 0 Å². The smallest absolute Gasteiger partial charge is 0.371 e. The van der Waals surface area contributed by atoms with Gasteiger partial charge in [0.2, 0.25) is 5.76 Å². The van der Waals surface area contributed by atoms with Crippen LogP contribution in [-0.2, 0) is 0 Å². The van der Waals surface area contributed by atoms with Crippen LogP contribution < -0.4 is 0 Å². The van der Waals surface area contributed by atoms with Crippen molar-refractivity contribution in [1.82, 2.24) is 0 Å². The summed E-state index contributed by atoms with van der Waals surface area (Å²) >= 11 is 3.16. The molecule has 0 atom stereocenters. The van der Waals surface area contributed by atoms with Gasteiger partial charge in [-0.2, -0.15) is 0 Å². The lowest BCUT2D eigenvalue weighted by atomic mass is 10.1. The first kappa shape index (κ1) is 9.32. The van der Waals surface area contributed by atoms with Crippen LogP contribution in [0.2, 0.25) is 0 Å². The molecule has 0 amide bonds. The van der Waals surface area contributed by atoms with Crippen LogP contribution in [0, 0.1) is 0 Å². The van der Waals surface area contributed by atoms with E-state index in [1.54, 1.807) is 0 Å². The number of carboxylic acid groups (broad SMARTS) is 1. The van der Waals surface area contributed by atoms with Crippen LogP contribution in [-0.4, -0.2) is 11.1 Å². The van der Waals surface area contributed by atoms with E-state index < -0.39 is 5.97 Å². The van der Waals surface area contributed by atoms with Crippen molar-refractivity contribution in [3.05, 3.63) is 22.1 Å². The van der Waals surface area contributed by atoms with Gasteiger partial charge in [0.1, 0.15) is 0 Å². The normalized spacial score (nSPS) is 10.7. The highest BCUT2D eigenvalue weighted by molar-refractivity contribution is 9.10. The fourth-order valence-electron chi connectivity index (χ4n) is 0.882. The Hall–Kier alpha value is -0.770. The predicted octanol–water partition coefficient (Wildman–Crippen LogP) is 2.86. The molecule has 0 spiro atoms. The van der Waals surface area contributed by atoms with Gasteiger partial charge >= 0.3 is 5.97 Å². The molecule has 0 unspecified atom stereocenters. The highest BCUT2D eigenvalue weighted by Gasteiger charge is 2.15. The minimum Gasteiger partial charge on any atom is -0.475 e. The van der Waals surface area contributed by atoms with Crippen LogP contribution in [0.15, 0.2) is 15.2 Å². The van der Waals surface area contributed by atoms with Crippen LogP contribution >= 0.6 is 15.9 Å². The molecule has 0 aromatic carbocycles. The Labute approximate surface area is 78.5 Å².